The minimum Gasteiger partial charge on any atom is -0.390 e. The standard InChI is InChI=1S/C14H19ClO2/c1-14(8-4-5-9-17-14)13(16)10-11-6-2-3-7-12(11)15/h2-3,6-7,13,16H,4-5,8-10H2,1H3. The van der Waals surface area contributed by atoms with Crippen molar-refractivity contribution in [3.05, 3.63) is 34.9 Å². The van der Waals surface area contributed by atoms with E-state index in [9.17, 15) is 5.11 Å². The van der Waals surface area contributed by atoms with Crippen molar-refractivity contribution >= 4 is 11.6 Å². The molecule has 0 aliphatic carbocycles. The lowest BCUT2D eigenvalue weighted by atomic mass is 9.87. The summed E-state index contributed by atoms with van der Waals surface area (Å²) in [6.07, 6.45) is 3.18. The fourth-order valence-corrected chi connectivity index (χ4v) is 2.52. The second kappa shape index (κ2) is 5.38. The number of benzene rings is 1. The summed E-state index contributed by atoms with van der Waals surface area (Å²) in [6, 6.07) is 7.65. The molecule has 1 N–H and O–H groups in total. The van der Waals surface area contributed by atoms with Gasteiger partial charge in [0, 0.05) is 18.1 Å². The van der Waals surface area contributed by atoms with Crippen LogP contribution in [0.15, 0.2) is 24.3 Å². The fourth-order valence-electron chi connectivity index (χ4n) is 2.31. The smallest absolute Gasteiger partial charge is 0.0915 e. The van der Waals surface area contributed by atoms with E-state index < -0.39 is 11.7 Å². The highest BCUT2D eigenvalue weighted by molar-refractivity contribution is 6.31. The first-order valence-electron chi connectivity index (χ1n) is 6.17. The van der Waals surface area contributed by atoms with E-state index >= 15 is 0 Å². The Balaban J connectivity index is 2.05. The van der Waals surface area contributed by atoms with Gasteiger partial charge in [-0.3, -0.25) is 0 Å². The number of hydrogen-bond acceptors (Lipinski definition) is 2. The maximum absolute atomic E-state index is 10.3. The van der Waals surface area contributed by atoms with Gasteiger partial charge in [-0.25, -0.2) is 0 Å². The van der Waals surface area contributed by atoms with E-state index in [1.807, 2.05) is 31.2 Å². The Kier molecular flexibility index (Phi) is 4.08. The lowest BCUT2D eigenvalue weighted by Gasteiger charge is -2.38. The summed E-state index contributed by atoms with van der Waals surface area (Å²) in [6.45, 7) is 2.74. The van der Waals surface area contributed by atoms with Crippen molar-refractivity contribution in [1.82, 2.24) is 0 Å². The predicted octanol–water partition coefficient (Wildman–Crippen LogP) is 3.20. The molecule has 2 nitrogen and oxygen atoms in total. The van der Waals surface area contributed by atoms with Gasteiger partial charge in [0.1, 0.15) is 0 Å². The Morgan fingerprint density at radius 1 is 1.41 bits per heavy atom. The predicted molar refractivity (Wildman–Crippen MR) is 69.4 cm³/mol. The van der Waals surface area contributed by atoms with E-state index in [4.69, 9.17) is 16.3 Å². The van der Waals surface area contributed by atoms with Crippen molar-refractivity contribution in [2.24, 2.45) is 0 Å². The van der Waals surface area contributed by atoms with Crippen LogP contribution < -0.4 is 0 Å². The summed E-state index contributed by atoms with van der Waals surface area (Å²) in [5.74, 6) is 0. The van der Waals surface area contributed by atoms with Crippen LogP contribution in [0.5, 0.6) is 0 Å². The number of hydrogen-bond donors (Lipinski definition) is 1. The second-order valence-electron chi connectivity index (χ2n) is 4.93. The Morgan fingerprint density at radius 2 is 2.18 bits per heavy atom. The molecule has 2 rings (SSSR count). The van der Waals surface area contributed by atoms with Crippen LogP contribution in [-0.4, -0.2) is 23.4 Å². The number of halogens is 1. The van der Waals surface area contributed by atoms with E-state index in [0.717, 1.165) is 31.4 Å². The molecule has 1 heterocycles. The van der Waals surface area contributed by atoms with Gasteiger partial charge in [0.05, 0.1) is 11.7 Å². The third-order valence-electron chi connectivity index (χ3n) is 3.58. The Hall–Kier alpha value is -0.570. The maximum Gasteiger partial charge on any atom is 0.0915 e. The molecule has 1 aliphatic rings. The van der Waals surface area contributed by atoms with Gasteiger partial charge >= 0.3 is 0 Å². The van der Waals surface area contributed by atoms with Gasteiger partial charge in [-0.1, -0.05) is 29.8 Å². The van der Waals surface area contributed by atoms with Gasteiger partial charge in [-0.05, 0) is 37.8 Å². The summed E-state index contributed by atoms with van der Waals surface area (Å²) in [5.41, 5.74) is 0.564. The quantitative estimate of drug-likeness (QED) is 0.898. The molecular formula is C14H19ClO2. The fraction of sp³-hybridized carbons (Fsp3) is 0.571. The molecule has 1 aromatic rings. The van der Waals surface area contributed by atoms with Crippen LogP contribution in [0.2, 0.25) is 5.02 Å². The summed E-state index contributed by atoms with van der Waals surface area (Å²) in [5, 5.41) is 11.0. The van der Waals surface area contributed by atoms with Gasteiger partial charge in [-0.15, -0.1) is 0 Å². The number of aliphatic hydroxyl groups is 1. The van der Waals surface area contributed by atoms with Crippen LogP contribution in [-0.2, 0) is 11.2 Å². The SMILES string of the molecule is CC1(C(O)Cc2ccccc2Cl)CCCCO1. The highest BCUT2D eigenvalue weighted by Crippen LogP contribution is 2.30. The van der Waals surface area contributed by atoms with Gasteiger partial charge in [0.15, 0.2) is 0 Å². The zero-order valence-electron chi connectivity index (χ0n) is 10.2. The molecule has 0 aromatic heterocycles. The zero-order valence-corrected chi connectivity index (χ0v) is 10.9. The molecule has 1 aliphatic heterocycles. The molecule has 17 heavy (non-hydrogen) atoms. The van der Waals surface area contributed by atoms with E-state index in [0.29, 0.717) is 11.4 Å². The van der Waals surface area contributed by atoms with Crippen molar-refractivity contribution in [2.75, 3.05) is 6.61 Å². The molecule has 0 amide bonds. The molecule has 1 aromatic carbocycles. The first-order valence-corrected chi connectivity index (χ1v) is 6.55. The summed E-state index contributed by atoms with van der Waals surface area (Å²) >= 11 is 6.10. The number of aliphatic hydroxyl groups excluding tert-OH is 1. The van der Waals surface area contributed by atoms with Crippen molar-refractivity contribution in [1.29, 1.82) is 0 Å². The highest BCUT2D eigenvalue weighted by atomic mass is 35.5. The number of ether oxygens (including phenoxy) is 1. The third kappa shape index (κ3) is 3.01. The Morgan fingerprint density at radius 3 is 2.82 bits per heavy atom. The van der Waals surface area contributed by atoms with Crippen LogP contribution in [0.1, 0.15) is 31.7 Å². The summed E-state index contributed by atoms with van der Waals surface area (Å²) in [7, 11) is 0. The topological polar surface area (TPSA) is 29.5 Å². The van der Waals surface area contributed by atoms with Crippen LogP contribution in [0.4, 0.5) is 0 Å². The van der Waals surface area contributed by atoms with Crippen molar-refractivity contribution in [3.8, 4) is 0 Å². The van der Waals surface area contributed by atoms with E-state index in [1.165, 1.54) is 0 Å². The summed E-state index contributed by atoms with van der Waals surface area (Å²) < 4.78 is 5.75. The van der Waals surface area contributed by atoms with Crippen LogP contribution in [0, 0.1) is 0 Å². The van der Waals surface area contributed by atoms with E-state index in [-0.39, 0.29) is 0 Å². The Labute approximate surface area is 108 Å². The van der Waals surface area contributed by atoms with Crippen molar-refractivity contribution in [3.63, 3.8) is 0 Å². The molecule has 0 spiro atoms. The average molecular weight is 255 g/mol. The van der Waals surface area contributed by atoms with Gasteiger partial charge < -0.3 is 9.84 Å². The third-order valence-corrected chi connectivity index (χ3v) is 3.94. The lowest BCUT2D eigenvalue weighted by molar-refractivity contribution is -0.135. The Bertz CT molecular complexity index is 372. The van der Waals surface area contributed by atoms with Crippen LogP contribution in [0.3, 0.4) is 0 Å². The molecule has 94 valence electrons. The highest BCUT2D eigenvalue weighted by Gasteiger charge is 2.35. The second-order valence-corrected chi connectivity index (χ2v) is 5.34. The molecule has 2 unspecified atom stereocenters. The van der Waals surface area contributed by atoms with E-state index in [2.05, 4.69) is 0 Å². The van der Waals surface area contributed by atoms with Gasteiger partial charge in [0.2, 0.25) is 0 Å². The normalized spacial score (nSPS) is 26.8. The van der Waals surface area contributed by atoms with Crippen LogP contribution >= 0.6 is 11.6 Å². The molecule has 1 saturated heterocycles. The van der Waals surface area contributed by atoms with Crippen molar-refractivity contribution < 1.29 is 9.84 Å². The first kappa shape index (κ1) is 12.9. The number of rotatable bonds is 3. The van der Waals surface area contributed by atoms with Gasteiger partial charge in [0.25, 0.3) is 0 Å². The molecule has 1 fully saturated rings. The summed E-state index contributed by atoms with van der Waals surface area (Å²) in [4.78, 5) is 0. The molecule has 2 atom stereocenters. The minimum absolute atomic E-state index is 0.419. The monoisotopic (exact) mass is 254 g/mol. The average Bonchev–Trinajstić information content (AvgIpc) is 2.33. The minimum atomic E-state index is -0.498. The first-order chi connectivity index (χ1) is 8.12. The lowest BCUT2D eigenvalue weighted by Crippen LogP contribution is -2.45. The molecule has 0 saturated carbocycles. The molecule has 0 radical (unpaired) electrons. The molecule has 3 heteroatoms. The maximum atomic E-state index is 10.3. The van der Waals surface area contributed by atoms with Crippen molar-refractivity contribution in [2.45, 2.75) is 44.3 Å². The van der Waals surface area contributed by atoms with Crippen LogP contribution in [0.25, 0.3) is 0 Å². The largest absolute Gasteiger partial charge is 0.390 e. The molecule has 0 bridgehead atoms. The van der Waals surface area contributed by atoms with Gasteiger partial charge in [-0.2, -0.15) is 0 Å². The van der Waals surface area contributed by atoms with E-state index in [1.54, 1.807) is 0 Å². The molecular weight excluding hydrogens is 236 g/mol. The zero-order chi connectivity index (χ0) is 12.3.